The van der Waals surface area contributed by atoms with Gasteiger partial charge in [0.15, 0.2) is 9.84 Å². The Bertz CT molecular complexity index is 793. The van der Waals surface area contributed by atoms with Crippen LogP contribution in [0.25, 0.3) is 0 Å². The number of rotatable bonds is 7. The van der Waals surface area contributed by atoms with Gasteiger partial charge >= 0.3 is 0 Å². The van der Waals surface area contributed by atoms with Gasteiger partial charge in [-0.3, -0.25) is 0 Å². The van der Waals surface area contributed by atoms with E-state index in [1.54, 1.807) is 24.3 Å². The molecule has 130 valence electrons. The van der Waals surface area contributed by atoms with Crippen LogP contribution in [0.15, 0.2) is 41.3 Å². The number of ether oxygens (including phenoxy) is 2. The van der Waals surface area contributed by atoms with E-state index in [1.165, 1.54) is 17.4 Å². The highest BCUT2D eigenvalue weighted by Gasteiger charge is 2.07. The highest BCUT2D eigenvalue weighted by Crippen LogP contribution is 2.25. The Labute approximate surface area is 144 Å². The fourth-order valence-corrected chi connectivity index (χ4v) is 2.98. The average Bonchev–Trinajstić information content (AvgIpc) is 2.53. The lowest BCUT2D eigenvalue weighted by Gasteiger charge is -2.14. The first kappa shape index (κ1) is 18.3. The van der Waals surface area contributed by atoms with E-state index in [2.05, 4.69) is 26.0 Å². The normalized spacial score (nSPS) is 11.3. The van der Waals surface area contributed by atoms with Gasteiger partial charge in [0.1, 0.15) is 11.5 Å². The summed E-state index contributed by atoms with van der Waals surface area (Å²) in [7, 11) is -3.17. The van der Waals surface area contributed by atoms with Crippen LogP contribution < -0.4 is 9.47 Å². The minimum Gasteiger partial charge on any atom is -0.493 e. The lowest BCUT2D eigenvalue weighted by Crippen LogP contribution is -2.07. The summed E-state index contributed by atoms with van der Waals surface area (Å²) in [6, 6.07) is 10.6. The molecule has 2 rings (SSSR count). The maximum Gasteiger partial charge on any atom is 0.175 e. The van der Waals surface area contributed by atoms with Gasteiger partial charge in [-0.05, 0) is 61.7 Å². The van der Waals surface area contributed by atoms with E-state index in [1.807, 2.05) is 6.92 Å². The van der Waals surface area contributed by atoms with E-state index in [-0.39, 0.29) is 0 Å². The van der Waals surface area contributed by atoms with Crippen LogP contribution in [0.4, 0.5) is 0 Å². The molecule has 0 aliphatic heterocycles. The zero-order valence-electron chi connectivity index (χ0n) is 14.6. The molecular weight excluding hydrogens is 324 g/mol. The Morgan fingerprint density at radius 2 is 1.42 bits per heavy atom. The fourth-order valence-electron chi connectivity index (χ4n) is 2.35. The second-order valence-corrected chi connectivity index (χ2v) is 7.96. The summed E-state index contributed by atoms with van der Waals surface area (Å²) in [6.45, 7) is 7.28. The standard InChI is InChI=1S/C19H24O4S/c1-14-6-7-15(2)19(16(14)3)23-13-5-12-22-17-8-10-18(11-9-17)24(4,20)21/h6-11H,5,12-13H2,1-4H3. The predicted octanol–water partition coefficient (Wildman–Crippen LogP) is 3.86. The Kier molecular flexibility index (Phi) is 5.89. The second kappa shape index (κ2) is 7.71. The van der Waals surface area contributed by atoms with Crippen LogP contribution in [0, 0.1) is 20.8 Å². The Morgan fingerprint density at radius 1 is 0.833 bits per heavy atom. The van der Waals surface area contributed by atoms with Crippen LogP contribution in [0.1, 0.15) is 23.1 Å². The summed E-state index contributed by atoms with van der Waals surface area (Å²) in [5, 5.41) is 0. The third-order valence-corrected chi connectivity index (χ3v) is 5.06. The number of hydrogen-bond acceptors (Lipinski definition) is 4. The molecule has 2 aromatic rings. The number of sulfone groups is 1. The highest BCUT2D eigenvalue weighted by molar-refractivity contribution is 7.90. The van der Waals surface area contributed by atoms with Crippen molar-refractivity contribution in [3.63, 3.8) is 0 Å². The van der Waals surface area contributed by atoms with E-state index in [0.29, 0.717) is 23.9 Å². The first-order valence-electron chi connectivity index (χ1n) is 7.91. The molecule has 0 amide bonds. The first-order valence-corrected chi connectivity index (χ1v) is 9.80. The van der Waals surface area contributed by atoms with Crippen molar-refractivity contribution in [2.24, 2.45) is 0 Å². The third-order valence-electron chi connectivity index (χ3n) is 3.93. The van der Waals surface area contributed by atoms with Gasteiger partial charge in [0.2, 0.25) is 0 Å². The molecule has 0 N–H and O–H groups in total. The van der Waals surface area contributed by atoms with Gasteiger partial charge in [-0.2, -0.15) is 0 Å². The molecular formula is C19H24O4S. The van der Waals surface area contributed by atoms with Crippen LogP contribution in [0.3, 0.4) is 0 Å². The monoisotopic (exact) mass is 348 g/mol. The van der Waals surface area contributed by atoms with Crippen LogP contribution in [0.5, 0.6) is 11.5 Å². The maximum absolute atomic E-state index is 11.4. The topological polar surface area (TPSA) is 52.6 Å². The molecule has 0 atom stereocenters. The first-order chi connectivity index (χ1) is 11.3. The molecule has 0 fully saturated rings. The van der Waals surface area contributed by atoms with Crippen LogP contribution >= 0.6 is 0 Å². The van der Waals surface area contributed by atoms with Gasteiger partial charge in [-0.1, -0.05) is 12.1 Å². The highest BCUT2D eigenvalue weighted by atomic mass is 32.2. The van der Waals surface area contributed by atoms with Crippen molar-refractivity contribution in [3.05, 3.63) is 53.1 Å². The number of hydrogen-bond donors (Lipinski definition) is 0. The van der Waals surface area contributed by atoms with Crippen molar-refractivity contribution in [2.75, 3.05) is 19.5 Å². The number of benzene rings is 2. The molecule has 0 radical (unpaired) electrons. The minimum absolute atomic E-state index is 0.295. The molecule has 4 nitrogen and oxygen atoms in total. The quantitative estimate of drug-likeness (QED) is 0.713. The molecule has 0 spiro atoms. The van der Waals surface area contributed by atoms with E-state index in [0.717, 1.165) is 17.7 Å². The lowest BCUT2D eigenvalue weighted by atomic mass is 10.1. The largest absolute Gasteiger partial charge is 0.493 e. The van der Waals surface area contributed by atoms with Crippen LogP contribution in [0.2, 0.25) is 0 Å². The second-order valence-electron chi connectivity index (χ2n) is 5.95. The molecule has 2 aromatic carbocycles. The van der Waals surface area contributed by atoms with Crippen molar-refractivity contribution in [3.8, 4) is 11.5 Å². The number of aryl methyl sites for hydroxylation is 2. The van der Waals surface area contributed by atoms with Crippen molar-refractivity contribution in [1.29, 1.82) is 0 Å². The molecule has 0 heterocycles. The van der Waals surface area contributed by atoms with Gasteiger partial charge in [0.25, 0.3) is 0 Å². The molecule has 0 aliphatic rings. The summed E-state index contributed by atoms with van der Waals surface area (Å²) in [6.07, 6.45) is 1.94. The molecule has 0 unspecified atom stereocenters. The van der Waals surface area contributed by atoms with Crippen molar-refractivity contribution < 1.29 is 17.9 Å². The predicted molar refractivity (Wildman–Crippen MR) is 95.8 cm³/mol. The zero-order valence-corrected chi connectivity index (χ0v) is 15.4. The van der Waals surface area contributed by atoms with Crippen molar-refractivity contribution in [2.45, 2.75) is 32.1 Å². The van der Waals surface area contributed by atoms with Crippen LogP contribution in [-0.4, -0.2) is 27.9 Å². The van der Waals surface area contributed by atoms with Crippen molar-refractivity contribution >= 4 is 9.84 Å². The summed E-state index contributed by atoms with van der Waals surface area (Å²) >= 11 is 0. The molecule has 0 saturated heterocycles. The van der Waals surface area contributed by atoms with E-state index < -0.39 is 9.84 Å². The smallest absolute Gasteiger partial charge is 0.175 e. The summed E-state index contributed by atoms with van der Waals surface area (Å²) in [5.74, 6) is 1.61. The van der Waals surface area contributed by atoms with Crippen LogP contribution in [-0.2, 0) is 9.84 Å². The molecule has 0 aromatic heterocycles. The van der Waals surface area contributed by atoms with E-state index >= 15 is 0 Å². The zero-order chi connectivity index (χ0) is 17.7. The van der Waals surface area contributed by atoms with Gasteiger partial charge in [-0.25, -0.2) is 8.42 Å². The van der Waals surface area contributed by atoms with E-state index in [4.69, 9.17) is 9.47 Å². The summed E-state index contributed by atoms with van der Waals surface area (Å²) in [4.78, 5) is 0.295. The Morgan fingerprint density at radius 3 is 2.04 bits per heavy atom. The van der Waals surface area contributed by atoms with Gasteiger partial charge in [0, 0.05) is 12.7 Å². The molecule has 24 heavy (non-hydrogen) atoms. The minimum atomic E-state index is -3.17. The average molecular weight is 348 g/mol. The SMILES string of the molecule is Cc1ccc(C)c(OCCCOc2ccc(S(C)(=O)=O)cc2)c1C. The maximum atomic E-state index is 11.4. The summed E-state index contributed by atoms with van der Waals surface area (Å²) < 4.78 is 34.3. The van der Waals surface area contributed by atoms with Gasteiger partial charge in [0.05, 0.1) is 18.1 Å². The van der Waals surface area contributed by atoms with Crippen molar-refractivity contribution in [1.82, 2.24) is 0 Å². The Balaban J connectivity index is 1.81. The lowest BCUT2D eigenvalue weighted by molar-refractivity contribution is 0.245. The molecule has 0 saturated carbocycles. The van der Waals surface area contributed by atoms with Gasteiger partial charge < -0.3 is 9.47 Å². The van der Waals surface area contributed by atoms with E-state index in [9.17, 15) is 8.42 Å². The summed E-state index contributed by atoms with van der Waals surface area (Å²) in [5.41, 5.74) is 3.53. The Hall–Kier alpha value is -2.01. The molecule has 5 heteroatoms. The third kappa shape index (κ3) is 4.74. The molecule has 0 bridgehead atoms. The molecule has 0 aliphatic carbocycles. The van der Waals surface area contributed by atoms with Gasteiger partial charge in [-0.15, -0.1) is 0 Å². The fraction of sp³-hybridized carbons (Fsp3) is 0.368.